The monoisotopic (exact) mass is 376 g/mol. The number of rotatable bonds is 8. The first kappa shape index (κ1) is 17.8. The van der Waals surface area contributed by atoms with Crippen molar-refractivity contribution in [3.8, 4) is 11.4 Å². The van der Waals surface area contributed by atoms with E-state index in [2.05, 4.69) is 20.0 Å². The Morgan fingerprint density at radius 1 is 1.00 bits per heavy atom. The van der Waals surface area contributed by atoms with Gasteiger partial charge in [-0.2, -0.15) is 9.36 Å². The van der Waals surface area contributed by atoms with Crippen LogP contribution in [0.3, 0.4) is 0 Å². The lowest BCUT2D eigenvalue weighted by atomic mass is 10.1. The number of nitrogens with one attached hydrogen (secondary N) is 2. The molecule has 2 aromatic carbocycles. The maximum absolute atomic E-state index is 13.5. The highest BCUT2D eigenvalue weighted by molar-refractivity contribution is 7.09. The zero-order chi connectivity index (χ0) is 17.5. The number of anilines is 1. The molecule has 0 saturated carbocycles. The van der Waals surface area contributed by atoms with Gasteiger partial charge in [-0.15, -0.1) is 0 Å². The molecule has 25 heavy (non-hydrogen) atoms. The largest absolute Gasteiger partial charge is 0.359 e. The van der Waals surface area contributed by atoms with Crippen molar-refractivity contribution in [3.05, 3.63) is 64.9 Å². The van der Waals surface area contributed by atoms with Crippen molar-refractivity contribution in [2.45, 2.75) is 6.42 Å². The standard InChI is InChI=1S/C18H18ClFN4S/c19-15-7-5-14(6-8-15)17-23-18(25-24-17)22-12-11-21-10-9-13-3-1-2-4-16(13)20/h1-8,21H,9-12H2,(H,22,23,24). The van der Waals surface area contributed by atoms with Crippen LogP contribution in [-0.2, 0) is 6.42 Å². The maximum atomic E-state index is 13.5. The van der Waals surface area contributed by atoms with Crippen LogP contribution < -0.4 is 10.6 Å². The molecule has 3 aromatic rings. The molecule has 0 atom stereocenters. The smallest absolute Gasteiger partial charge is 0.202 e. The molecule has 0 spiro atoms. The van der Waals surface area contributed by atoms with Crippen LogP contribution in [0.2, 0.25) is 5.02 Å². The first-order valence-corrected chi connectivity index (χ1v) is 9.15. The van der Waals surface area contributed by atoms with Gasteiger partial charge in [0.1, 0.15) is 5.82 Å². The second-order valence-corrected chi connectivity index (χ2v) is 6.64. The van der Waals surface area contributed by atoms with Gasteiger partial charge in [0.15, 0.2) is 5.82 Å². The molecule has 0 bridgehead atoms. The zero-order valence-electron chi connectivity index (χ0n) is 13.5. The molecule has 0 unspecified atom stereocenters. The molecular weight excluding hydrogens is 359 g/mol. The van der Waals surface area contributed by atoms with Crippen LogP contribution >= 0.6 is 23.1 Å². The highest BCUT2D eigenvalue weighted by Crippen LogP contribution is 2.22. The normalized spacial score (nSPS) is 10.8. The summed E-state index contributed by atoms with van der Waals surface area (Å²) in [6.45, 7) is 2.23. The molecule has 130 valence electrons. The summed E-state index contributed by atoms with van der Waals surface area (Å²) in [5.74, 6) is 0.544. The van der Waals surface area contributed by atoms with Gasteiger partial charge >= 0.3 is 0 Å². The van der Waals surface area contributed by atoms with Crippen molar-refractivity contribution in [3.63, 3.8) is 0 Å². The van der Waals surface area contributed by atoms with E-state index < -0.39 is 0 Å². The Morgan fingerprint density at radius 2 is 1.80 bits per heavy atom. The molecule has 4 nitrogen and oxygen atoms in total. The van der Waals surface area contributed by atoms with E-state index in [0.29, 0.717) is 17.3 Å². The van der Waals surface area contributed by atoms with Gasteiger partial charge < -0.3 is 10.6 Å². The van der Waals surface area contributed by atoms with Crippen molar-refractivity contribution in [1.29, 1.82) is 0 Å². The SMILES string of the molecule is Fc1ccccc1CCNCCNc1nc(-c2ccc(Cl)cc2)ns1. The maximum Gasteiger partial charge on any atom is 0.202 e. The second kappa shape index (κ2) is 8.89. The molecule has 0 fully saturated rings. The number of hydrogen-bond acceptors (Lipinski definition) is 5. The quantitative estimate of drug-likeness (QED) is 0.577. The Kier molecular flexibility index (Phi) is 6.33. The van der Waals surface area contributed by atoms with Gasteiger partial charge in [0.25, 0.3) is 0 Å². The third kappa shape index (κ3) is 5.22. The number of hydrogen-bond donors (Lipinski definition) is 2. The van der Waals surface area contributed by atoms with Crippen LogP contribution in [0, 0.1) is 5.82 Å². The first-order valence-electron chi connectivity index (χ1n) is 8.00. The minimum atomic E-state index is -0.147. The van der Waals surface area contributed by atoms with Crippen molar-refractivity contribution in [2.24, 2.45) is 0 Å². The van der Waals surface area contributed by atoms with Crippen LogP contribution in [0.4, 0.5) is 9.52 Å². The Hall–Kier alpha value is -2.02. The predicted molar refractivity (Wildman–Crippen MR) is 102 cm³/mol. The first-order chi connectivity index (χ1) is 12.2. The Balaban J connectivity index is 1.38. The van der Waals surface area contributed by atoms with E-state index >= 15 is 0 Å². The Labute approximate surface area is 155 Å². The fraction of sp³-hybridized carbons (Fsp3) is 0.222. The molecule has 0 radical (unpaired) electrons. The van der Waals surface area contributed by atoms with Crippen LogP contribution in [0.5, 0.6) is 0 Å². The summed E-state index contributed by atoms with van der Waals surface area (Å²) in [5.41, 5.74) is 1.68. The summed E-state index contributed by atoms with van der Waals surface area (Å²) in [5, 5.41) is 8.00. The predicted octanol–water partition coefficient (Wildman–Crippen LogP) is 4.24. The van der Waals surface area contributed by atoms with E-state index in [1.54, 1.807) is 6.07 Å². The molecule has 0 aliphatic rings. The lowest BCUT2D eigenvalue weighted by molar-refractivity contribution is 0.600. The number of nitrogens with zero attached hydrogens (tertiary/aromatic N) is 2. The Morgan fingerprint density at radius 3 is 2.60 bits per heavy atom. The molecule has 2 N–H and O–H groups in total. The van der Waals surface area contributed by atoms with E-state index in [1.807, 2.05) is 36.4 Å². The van der Waals surface area contributed by atoms with Gasteiger partial charge in [-0.3, -0.25) is 0 Å². The van der Waals surface area contributed by atoms with Gasteiger partial charge in [0.2, 0.25) is 5.13 Å². The van der Waals surface area contributed by atoms with Crippen LogP contribution in [0.25, 0.3) is 11.4 Å². The molecule has 0 saturated heterocycles. The third-order valence-electron chi connectivity index (χ3n) is 3.64. The van der Waals surface area contributed by atoms with Crippen LogP contribution in [-0.4, -0.2) is 29.0 Å². The average molecular weight is 377 g/mol. The molecule has 7 heteroatoms. The number of benzene rings is 2. The molecule has 3 rings (SSSR count). The second-order valence-electron chi connectivity index (χ2n) is 5.45. The van der Waals surface area contributed by atoms with E-state index in [1.165, 1.54) is 17.6 Å². The van der Waals surface area contributed by atoms with Gasteiger partial charge in [-0.1, -0.05) is 29.8 Å². The summed E-state index contributed by atoms with van der Waals surface area (Å²) in [6.07, 6.45) is 0.673. The van der Waals surface area contributed by atoms with Crippen LogP contribution in [0.15, 0.2) is 48.5 Å². The summed E-state index contributed by atoms with van der Waals surface area (Å²) in [4.78, 5) is 4.46. The summed E-state index contributed by atoms with van der Waals surface area (Å²) in [6, 6.07) is 14.3. The minimum Gasteiger partial charge on any atom is -0.359 e. The molecule has 0 aliphatic heterocycles. The van der Waals surface area contributed by atoms with Crippen molar-refractivity contribution in [1.82, 2.24) is 14.7 Å². The number of halogens is 2. The lowest BCUT2D eigenvalue weighted by Crippen LogP contribution is -2.24. The lowest BCUT2D eigenvalue weighted by Gasteiger charge is -2.06. The summed E-state index contributed by atoms with van der Waals surface area (Å²) >= 11 is 7.21. The topological polar surface area (TPSA) is 49.8 Å². The van der Waals surface area contributed by atoms with Crippen LogP contribution in [0.1, 0.15) is 5.56 Å². The third-order valence-corrected chi connectivity index (χ3v) is 4.56. The average Bonchev–Trinajstić information content (AvgIpc) is 3.09. The molecule has 1 aromatic heterocycles. The molecule has 0 amide bonds. The van der Waals surface area contributed by atoms with E-state index in [9.17, 15) is 4.39 Å². The molecular formula is C18H18ClFN4S. The Bertz CT molecular complexity index is 807. The summed E-state index contributed by atoms with van der Waals surface area (Å²) < 4.78 is 17.8. The van der Waals surface area contributed by atoms with Crippen molar-refractivity contribution >= 4 is 28.3 Å². The van der Waals surface area contributed by atoms with E-state index in [0.717, 1.165) is 35.9 Å². The highest BCUT2D eigenvalue weighted by Gasteiger charge is 2.06. The highest BCUT2D eigenvalue weighted by atomic mass is 35.5. The molecule has 0 aliphatic carbocycles. The molecule has 1 heterocycles. The van der Waals surface area contributed by atoms with Gasteiger partial charge in [0.05, 0.1) is 0 Å². The fourth-order valence-electron chi connectivity index (χ4n) is 2.32. The summed E-state index contributed by atoms with van der Waals surface area (Å²) in [7, 11) is 0. The van der Waals surface area contributed by atoms with Gasteiger partial charge in [0, 0.05) is 35.2 Å². The van der Waals surface area contributed by atoms with Crippen molar-refractivity contribution < 1.29 is 4.39 Å². The van der Waals surface area contributed by atoms with Crippen molar-refractivity contribution in [2.75, 3.05) is 25.0 Å². The van der Waals surface area contributed by atoms with Gasteiger partial charge in [-0.05, 0) is 48.9 Å². The van der Waals surface area contributed by atoms with E-state index in [4.69, 9.17) is 11.6 Å². The fourth-order valence-corrected chi connectivity index (χ4v) is 3.06. The minimum absolute atomic E-state index is 0.147. The number of aromatic nitrogens is 2. The van der Waals surface area contributed by atoms with Gasteiger partial charge in [-0.25, -0.2) is 4.39 Å². The zero-order valence-corrected chi connectivity index (χ0v) is 15.1. The van der Waals surface area contributed by atoms with E-state index in [-0.39, 0.29) is 5.82 Å².